The third-order valence-corrected chi connectivity index (χ3v) is 2.88. The molecule has 0 radical (unpaired) electrons. The Morgan fingerprint density at radius 3 is 2.16 bits per heavy atom. The van der Waals surface area contributed by atoms with E-state index in [1.807, 2.05) is 42.5 Å². The zero-order valence-electron chi connectivity index (χ0n) is 10.8. The maximum Gasteiger partial charge on any atom is 0.122 e. The number of rotatable bonds is 4. The van der Waals surface area contributed by atoms with Crippen LogP contribution in [0.5, 0.6) is 0 Å². The summed E-state index contributed by atoms with van der Waals surface area (Å²) in [7, 11) is 2.05. The number of anilines is 1. The molecule has 0 amide bonds. The fraction of sp³-hybridized carbons (Fsp3) is 0.133. The highest BCUT2D eigenvalue weighted by atomic mass is 35.5. The topological polar surface area (TPSA) is 53.1 Å². The number of benzene rings is 2. The van der Waals surface area contributed by atoms with E-state index < -0.39 is 0 Å². The highest BCUT2D eigenvalue weighted by molar-refractivity contribution is 5.95. The molecular weight excluding hydrogens is 258 g/mol. The van der Waals surface area contributed by atoms with Gasteiger partial charge in [-0.3, -0.25) is 5.41 Å². The monoisotopic (exact) mass is 275 g/mol. The Kier molecular flexibility index (Phi) is 5.39. The summed E-state index contributed by atoms with van der Waals surface area (Å²) >= 11 is 0. The molecule has 3 N–H and O–H groups in total. The van der Waals surface area contributed by atoms with Crippen molar-refractivity contribution in [3.05, 3.63) is 65.7 Å². The van der Waals surface area contributed by atoms with Crippen LogP contribution < -0.4 is 10.6 Å². The molecule has 0 saturated carbocycles. The van der Waals surface area contributed by atoms with Gasteiger partial charge in [0.05, 0.1) is 0 Å². The average molecular weight is 276 g/mol. The number of hydrogen-bond donors (Lipinski definition) is 2. The summed E-state index contributed by atoms with van der Waals surface area (Å²) < 4.78 is 0. The summed E-state index contributed by atoms with van der Waals surface area (Å²) in [5.41, 5.74) is 8.58. The van der Waals surface area contributed by atoms with Crippen LogP contribution in [-0.4, -0.2) is 12.9 Å². The van der Waals surface area contributed by atoms with Gasteiger partial charge in [0.2, 0.25) is 0 Å². The Morgan fingerprint density at radius 2 is 1.63 bits per heavy atom. The first-order valence-corrected chi connectivity index (χ1v) is 5.86. The Hall–Kier alpha value is -2.00. The maximum atomic E-state index is 7.36. The molecule has 0 atom stereocenters. The van der Waals surface area contributed by atoms with Gasteiger partial charge in [-0.05, 0) is 29.8 Å². The van der Waals surface area contributed by atoms with Crippen LogP contribution in [0, 0.1) is 5.41 Å². The molecule has 0 bridgehead atoms. The molecule has 0 aliphatic rings. The van der Waals surface area contributed by atoms with E-state index in [0.29, 0.717) is 0 Å². The lowest BCUT2D eigenvalue weighted by molar-refractivity contribution is 0.923. The van der Waals surface area contributed by atoms with Crippen molar-refractivity contribution in [2.75, 3.05) is 11.9 Å². The van der Waals surface area contributed by atoms with Gasteiger partial charge in [-0.2, -0.15) is 0 Å². The lowest BCUT2D eigenvalue weighted by atomic mass is 10.1. The fourth-order valence-corrected chi connectivity index (χ4v) is 1.84. The van der Waals surface area contributed by atoms with Crippen LogP contribution in [-0.2, 0) is 6.54 Å². The van der Waals surface area contributed by atoms with E-state index >= 15 is 0 Å². The Bertz CT molecular complexity index is 523. The van der Waals surface area contributed by atoms with Crippen LogP contribution in [0.15, 0.2) is 54.6 Å². The van der Waals surface area contributed by atoms with Crippen molar-refractivity contribution in [1.29, 1.82) is 5.41 Å². The van der Waals surface area contributed by atoms with Gasteiger partial charge in [0.15, 0.2) is 0 Å². The Morgan fingerprint density at radius 1 is 1.05 bits per heavy atom. The molecule has 3 nitrogen and oxygen atoms in total. The standard InChI is InChI=1S/C15H17N3.ClH/c1-18(11-12-5-3-2-4-6-12)14-9-7-13(8-10-14)15(16)17;/h2-10H,11H2,1H3,(H3,16,17);1H. The molecule has 0 fully saturated rings. The van der Waals surface area contributed by atoms with Crippen molar-refractivity contribution >= 4 is 23.9 Å². The average Bonchev–Trinajstić information content (AvgIpc) is 2.40. The van der Waals surface area contributed by atoms with Crippen molar-refractivity contribution in [2.45, 2.75) is 6.54 Å². The second-order valence-corrected chi connectivity index (χ2v) is 4.30. The SMILES string of the molecule is CN(Cc1ccccc1)c1ccc(C(=N)N)cc1.Cl. The van der Waals surface area contributed by atoms with Crippen LogP contribution in [0.3, 0.4) is 0 Å². The van der Waals surface area contributed by atoms with Crippen LogP contribution >= 0.6 is 12.4 Å². The molecule has 0 heterocycles. The van der Waals surface area contributed by atoms with Gasteiger partial charge < -0.3 is 10.6 Å². The normalized spacial score (nSPS) is 9.53. The molecule has 0 saturated heterocycles. The summed E-state index contributed by atoms with van der Waals surface area (Å²) in [6, 6.07) is 18.0. The van der Waals surface area contributed by atoms with Gasteiger partial charge in [-0.25, -0.2) is 0 Å². The molecule has 0 aliphatic carbocycles. The molecule has 100 valence electrons. The second-order valence-electron chi connectivity index (χ2n) is 4.30. The molecule has 2 rings (SSSR count). The van der Waals surface area contributed by atoms with Gasteiger partial charge in [0, 0.05) is 24.8 Å². The lowest BCUT2D eigenvalue weighted by Gasteiger charge is -2.19. The largest absolute Gasteiger partial charge is 0.384 e. The highest BCUT2D eigenvalue weighted by Crippen LogP contribution is 2.16. The van der Waals surface area contributed by atoms with Gasteiger partial charge in [0.1, 0.15) is 5.84 Å². The van der Waals surface area contributed by atoms with Crippen molar-refractivity contribution in [3.8, 4) is 0 Å². The minimum Gasteiger partial charge on any atom is -0.384 e. The second kappa shape index (κ2) is 6.81. The van der Waals surface area contributed by atoms with E-state index in [1.165, 1.54) is 5.56 Å². The third kappa shape index (κ3) is 4.00. The fourth-order valence-electron chi connectivity index (χ4n) is 1.84. The summed E-state index contributed by atoms with van der Waals surface area (Å²) in [5, 5.41) is 7.36. The number of nitrogens with zero attached hydrogens (tertiary/aromatic N) is 1. The first-order valence-electron chi connectivity index (χ1n) is 5.86. The lowest BCUT2D eigenvalue weighted by Crippen LogP contribution is -2.17. The van der Waals surface area contributed by atoms with Gasteiger partial charge in [-0.1, -0.05) is 30.3 Å². The van der Waals surface area contributed by atoms with Crippen molar-refractivity contribution in [3.63, 3.8) is 0 Å². The van der Waals surface area contributed by atoms with E-state index in [1.54, 1.807) is 0 Å². The highest BCUT2D eigenvalue weighted by Gasteiger charge is 2.02. The number of hydrogen-bond acceptors (Lipinski definition) is 2. The van der Waals surface area contributed by atoms with Gasteiger partial charge in [0.25, 0.3) is 0 Å². The maximum absolute atomic E-state index is 7.36. The smallest absolute Gasteiger partial charge is 0.122 e. The van der Waals surface area contributed by atoms with Crippen molar-refractivity contribution in [1.82, 2.24) is 0 Å². The molecule has 0 spiro atoms. The zero-order chi connectivity index (χ0) is 13.0. The van der Waals surface area contributed by atoms with E-state index in [9.17, 15) is 0 Å². The predicted octanol–water partition coefficient (Wildman–Crippen LogP) is 3.03. The number of halogens is 1. The van der Waals surface area contributed by atoms with Crippen LogP contribution in [0.4, 0.5) is 5.69 Å². The summed E-state index contributed by atoms with van der Waals surface area (Å²) in [6.07, 6.45) is 0. The van der Waals surface area contributed by atoms with Gasteiger partial charge >= 0.3 is 0 Å². The number of amidine groups is 1. The van der Waals surface area contributed by atoms with Crippen molar-refractivity contribution in [2.24, 2.45) is 5.73 Å². The number of nitrogens with two attached hydrogens (primary N) is 1. The quantitative estimate of drug-likeness (QED) is 0.666. The predicted molar refractivity (Wildman–Crippen MR) is 83.3 cm³/mol. The molecule has 0 unspecified atom stereocenters. The zero-order valence-corrected chi connectivity index (χ0v) is 11.7. The molecule has 2 aromatic rings. The van der Waals surface area contributed by atoms with Crippen molar-refractivity contribution < 1.29 is 0 Å². The van der Waals surface area contributed by atoms with E-state index in [2.05, 4.69) is 24.1 Å². The first kappa shape index (κ1) is 15.1. The van der Waals surface area contributed by atoms with E-state index in [4.69, 9.17) is 11.1 Å². The first-order chi connectivity index (χ1) is 8.66. The summed E-state index contributed by atoms with van der Waals surface area (Å²) in [4.78, 5) is 2.17. The number of nitrogen functional groups attached to an aromatic ring is 1. The Labute approximate surface area is 120 Å². The van der Waals surface area contributed by atoms with Crippen LogP contribution in [0.2, 0.25) is 0 Å². The molecule has 0 aliphatic heterocycles. The summed E-state index contributed by atoms with van der Waals surface area (Å²) in [6.45, 7) is 0.861. The molecule has 0 aromatic heterocycles. The Balaban J connectivity index is 0.00000180. The van der Waals surface area contributed by atoms with Gasteiger partial charge in [-0.15, -0.1) is 12.4 Å². The van der Waals surface area contributed by atoms with Crippen LogP contribution in [0.25, 0.3) is 0 Å². The van der Waals surface area contributed by atoms with Crippen LogP contribution in [0.1, 0.15) is 11.1 Å². The molecule has 19 heavy (non-hydrogen) atoms. The van der Waals surface area contributed by atoms with E-state index in [-0.39, 0.29) is 18.2 Å². The minimum absolute atomic E-state index is 0. The minimum atomic E-state index is 0. The molecule has 2 aromatic carbocycles. The molecule has 4 heteroatoms. The van der Waals surface area contributed by atoms with E-state index in [0.717, 1.165) is 17.8 Å². The third-order valence-electron chi connectivity index (χ3n) is 2.88. The molecular formula is C15H18ClN3. The summed E-state index contributed by atoms with van der Waals surface area (Å²) in [5.74, 6) is 0.104. The number of nitrogens with one attached hydrogen (secondary N) is 1.